The van der Waals surface area contributed by atoms with Crippen molar-refractivity contribution >= 4 is 23.0 Å². The highest BCUT2D eigenvalue weighted by Crippen LogP contribution is 2.31. The number of hydrazine groups is 1. The third-order valence-corrected chi connectivity index (χ3v) is 2.39. The maximum Gasteiger partial charge on any atom is 0.354 e. The van der Waals surface area contributed by atoms with Crippen LogP contribution in [0.25, 0.3) is 0 Å². The summed E-state index contributed by atoms with van der Waals surface area (Å²) in [6.07, 6.45) is 0.945. The SMILES string of the molecule is NNc1ncnc(Nc2cc(F)c(F)c(F)c2)c1[N+](=O)[O-]. The smallest absolute Gasteiger partial charge is 0.334 e. The van der Waals surface area contributed by atoms with E-state index >= 15 is 0 Å². The molecule has 11 heteroatoms. The standard InChI is InChI=1S/C10H7F3N6O2/c11-5-1-4(2-6(12)7(5)13)17-9-8(19(20)21)10(18-14)16-3-15-9/h1-3H,14H2,(H2,15,16,17,18). The molecule has 21 heavy (non-hydrogen) atoms. The Balaban J connectivity index is 2.47. The lowest BCUT2D eigenvalue weighted by atomic mass is 10.2. The normalized spacial score (nSPS) is 10.3. The molecule has 0 amide bonds. The average Bonchev–Trinajstić information content (AvgIpc) is 2.44. The van der Waals surface area contributed by atoms with Gasteiger partial charge >= 0.3 is 5.69 Å². The minimum absolute atomic E-state index is 0.267. The molecule has 1 aromatic heterocycles. The first kappa shape index (κ1) is 14.5. The second-order valence-corrected chi connectivity index (χ2v) is 3.70. The van der Waals surface area contributed by atoms with Gasteiger partial charge in [-0.1, -0.05) is 0 Å². The van der Waals surface area contributed by atoms with Gasteiger partial charge in [-0.15, -0.1) is 0 Å². The zero-order chi connectivity index (χ0) is 15.6. The highest BCUT2D eigenvalue weighted by atomic mass is 19.2. The Morgan fingerprint density at radius 3 is 2.24 bits per heavy atom. The van der Waals surface area contributed by atoms with Crippen molar-refractivity contribution in [2.45, 2.75) is 0 Å². The van der Waals surface area contributed by atoms with E-state index in [1.165, 1.54) is 0 Å². The van der Waals surface area contributed by atoms with E-state index in [0.29, 0.717) is 12.1 Å². The van der Waals surface area contributed by atoms with Crippen molar-refractivity contribution in [3.63, 3.8) is 0 Å². The molecule has 0 fully saturated rings. The molecule has 0 aliphatic rings. The summed E-state index contributed by atoms with van der Waals surface area (Å²) in [4.78, 5) is 17.2. The molecular weight excluding hydrogens is 293 g/mol. The number of nitro groups is 1. The van der Waals surface area contributed by atoms with Gasteiger partial charge in [-0.25, -0.2) is 29.0 Å². The Morgan fingerprint density at radius 2 is 1.71 bits per heavy atom. The number of rotatable bonds is 4. The first-order chi connectivity index (χ1) is 9.93. The maximum atomic E-state index is 13.1. The van der Waals surface area contributed by atoms with E-state index < -0.39 is 28.1 Å². The largest absolute Gasteiger partial charge is 0.354 e. The Hall–Kier alpha value is -2.95. The second kappa shape index (κ2) is 5.58. The molecule has 0 unspecified atom stereocenters. The van der Waals surface area contributed by atoms with Crippen molar-refractivity contribution in [1.82, 2.24) is 9.97 Å². The molecular formula is C10H7F3N6O2. The van der Waals surface area contributed by atoms with Gasteiger partial charge in [0, 0.05) is 17.8 Å². The van der Waals surface area contributed by atoms with Crippen LogP contribution in [0.3, 0.4) is 0 Å². The number of nitrogens with two attached hydrogens (primary N) is 1. The van der Waals surface area contributed by atoms with Gasteiger partial charge in [0.25, 0.3) is 0 Å². The monoisotopic (exact) mass is 300 g/mol. The van der Waals surface area contributed by atoms with Crippen LogP contribution in [0.4, 0.5) is 36.2 Å². The zero-order valence-electron chi connectivity index (χ0n) is 10.1. The number of aromatic nitrogens is 2. The summed E-state index contributed by atoms with van der Waals surface area (Å²) in [5.74, 6) is -0.151. The van der Waals surface area contributed by atoms with Crippen LogP contribution in [-0.4, -0.2) is 14.9 Å². The molecule has 0 spiro atoms. The van der Waals surface area contributed by atoms with Gasteiger partial charge < -0.3 is 10.7 Å². The van der Waals surface area contributed by atoms with Gasteiger partial charge in [0.15, 0.2) is 17.5 Å². The van der Waals surface area contributed by atoms with Crippen LogP contribution in [0, 0.1) is 27.6 Å². The van der Waals surface area contributed by atoms with Gasteiger partial charge in [0.05, 0.1) is 4.92 Å². The Labute approximate surface area is 114 Å². The highest BCUT2D eigenvalue weighted by molar-refractivity contribution is 5.73. The molecule has 0 atom stereocenters. The van der Waals surface area contributed by atoms with Crippen molar-refractivity contribution in [3.05, 3.63) is 46.0 Å². The van der Waals surface area contributed by atoms with E-state index in [4.69, 9.17) is 5.84 Å². The Morgan fingerprint density at radius 1 is 1.14 bits per heavy atom. The molecule has 0 radical (unpaired) electrons. The molecule has 110 valence electrons. The van der Waals surface area contributed by atoms with E-state index in [1.807, 2.05) is 5.43 Å². The van der Waals surface area contributed by atoms with Crippen molar-refractivity contribution < 1.29 is 18.1 Å². The number of nitrogen functional groups attached to an aromatic ring is 1. The number of hydrogen-bond acceptors (Lipinski definition) is 7. The summed E-state index contributed by atoms with van der Waals surface area (Å²) in [5, 5.41) is 13.3. The lowest BCUT2D eigenvalue weighted by Crippen LogP contribution is -2.13. The zero-order valence-corrected chi connectivity index (χ0v) is 10.1. The van der Waals surface area contributed by atoms with Crippen LogP contribution < -0.4 is 16.6 Å². The molecule has 0 bridgehead atoms. The first-order valence-corrected chi connectivity index (χ1v) is 5.31. The van der Waals surface area contributed by atoms with Gasteiger partial charge in [-0.3, -0.25) is 10.1 Å². The van der Waals surface area contributed by atoms with Crippen LogP contribution in [0.1, 0.15) is 0 Å². The molecule has 0 saturated carbocycles. The Kier molecular flexibility index (Phi) is 3.84. The second-order valence-electron chi connectivity index (χ2n) is 3.70. The van der Waals surface area contributed by atoms with Crippen molar-refractivity contribution in [1.29, 1.82) is 0 Å². The fourth-order valence-electron chi connectivity index (χ4n) is 1.51. The molecule has 0 saturated heterocycles. The van der Waals surface area contributed by atoms with Gasteiger partial charge in [-0.05, 0) is 0 Å². The molecule has 8 nitrogen and oxygen atoms in total. The van der Waals surface area contributed by atoms with E-state index in [0.717, 1.165) is 6.33 Å². The summed E-state index contributed by atoms with van der Waals surface area (Å²) >= 11 is 0. The summed E-state index contributed by atoms with van der Waals surface area (Å²) in [5.41, 5.74) is 1.09. The van der Waals surface area contributed by atoms with Crippen molar-refractivity contribution in [2.24, 2.45) is 5.84 Å². The number of nitrogens with one attached hydrogen (secondary N) is 2. The average molecular weight is 300 g/mol. The Bertz CT molecular complexity index is 688. The molecule has 0 aliphatic carbocycles. The number of halogens is 3. The van der Waals surface area contributed by atoms with Crippen molar-refractivity contribution in [2.75, 3.05) is 10.7 Å². The van der Waals surface area contributed by atoms with Gasteiger partial charge in [0.1, 0.15) is 6.33 Å². The summed E-state index contributed by atoms with van der Waals surface area (Å²) in [6.45, 7) is 0. The number of benzene rings is 1. The van der Waals surface area contributed by atoms with Crippen LogP contribution in [0.15, 0.2) is 18.5 Å². The van der Waals surface area contributed by atoms with Gasteiger partial charge in [0.2, 0.25) is 11.6 Å². The lowest BCUT2D eigenvalue weighted by molar-refractivity contribution is -0.383. The van der Waals surface area contributed by atoms with Gasteiger partial charge in [-0.2, -0.15) is 0 Å². The molecule has 4 N–H and O–H groups in total. The fourth-order valence-corrected chi connectivity index (χ4v) is 1.51. The predicted molar refractivity (Wildman–Crippen MR) is 66.1 cm³/mol. The number of anilines is 3. The fraction of sp³-hybridized carbons (Fsp3) is 0. The first-order valence-electron chi connectivity index (χ1n) is 5.31. The summed E-state index contributed by atoms with van der Waals surface area (Å²) in [6, 6.07) is 1.25. The number of nitrogens with zero attached hydrogens (tertiary/aromatic N) is 3. The quantitative estimate of drug-likeness (QED) is 0.341. The molecule has 2 rings (SSSR count). The molecule has 2 aromatic rings. The summed E-state index contributed by atoms with van der Waals surface area (Å²) < 4.78 is 39.0. The van der Waals surface area contributed by atoms with Crippen LogP contribution in [0.2, 0.25) is 0 Å². The summed E-state index contributed by atoms with van der Waals surface area (Å²) in [7, 11) is 0. The number of hydrogen-bond donors (Lipinski definition) is 3. The minimum Gasteiger partial charge on any atom is -0.334 e. The van der Waals surface area contributed by atoms with Crippen LogP contribution in [-0.2, 0) is 0 Å². The van der Waals surface area contributed by atoms with E-state index in [9.17, 15) is 23.3 Å². The van der Waals surface area contributed by atoms with Crippen LogP contribution in [0.5, 0.6) is 0 Å². The minimum atomic E-state index is -1.65. The highest BCUT2D eigenvalue weighted by Gasteiger charge is 2.23. The molecule has 0 aliphatic heterocycles. The third kappa shape index (κ3) is 2.81. The van der Waals surface area contributed by atoms with Crippen LogP contribution >= 0.6 is 0 Å². The van der Waals surface area contributed by atoms with Crippen molar-refractivity contribution in [3.8, 4) is 0 Å². The van der Waals surface area contributed by atoms with E-state index in [-0.39, 0.29) is 17.3 Å². The topological polar surface area (TPSA) is 119 Å². The van der Waals surface area contributed by atoms with E-state index in [2.05, 4.69) is 15.3 Å². The predicted octanol–water partition coefficient (Wildman–Crippen LogP) is 1.83. The maximum absolute atomic E-state index is 13.1. The molecule has 1 heterocycles. The third-order valence-electron chi connectivity index (χ3n) is 2.39. The molecule has 1 aromatic carbocycles. The van der Waals surface area contributed by atoms with E-state index in [1.54, 1.807) is 0 Å². The lowest BCUT2D eigenvalue weighted by Gasteiger charge is -2.08.